The van der Waals surface area contributed by atoms with Crippen molar-refractivity contribution in [3.63, 3.8) is 0 Å². The van der Waals surface area contributed by atoms with Gasteiger partial charge in [-0.2, -0.15) is 0 Å². The fourth-order valence-electron chi connectivity index (χ4n) is 1.92. The first-order valence-corrected chi connectivity index (χ1v) is 7.42. The molecule has 3 heteroatoms. The van der Waals surface area contributed by atoms with Crippen molar-refractivity contribution in [1.82, 2.24) is 0 Å². The standard InChI is InChI=1S/C14H20O2S/c1-14(2,3)17(15)10-12-9-8-11-6-4-5-7-13(11)16-12/h4-7,12H,8-10H2,1-3H3/t12-,17?/m0/s1. The molecule has 1 aromatic carbocycles. The third-order valence-corrected chi connectivity index (χ3v) is 5.06. The van der Waals surface area contributed by atoms with Gasteiger partial charge in [-0.25, -0.2) is 0 Å². The Bertz CT molecular complexity index is 420. The molecule has 2 nitrogen and oxygen atoms in total. The Labute approximate surface area is 106 Å². The van der Waals surface area contributed by atoms with Crippen LogP contribution in [0.3, 0.4) is 0 Å². The van der Waals surface area contributed by atoms with E-state index in [0.717, 1.165) is 18.6 Å². The Balaban J connectivity index is 2.01. The Morgan fingerprint density at radius 3 is 2.76 bits per heavy atom. The number of ether oxygens (including phenoxy) is 1. The van der Waals surface area contributed by atoms with Crippen LogP contribution in [0.1, 0.15) is 32.8 Å². The molecular weight excluding hydrogens is 232 g/mol. The molecule has 94 valence electrons. The molecule has 0 aliphatic carbocycles. The predicted molar refractivity (Wildman–Crippen MR) is 71.9 cm³/mol. The van der Waals surface area contributed by atoms with Gasteiger partial charge in [-0.3, -0.25) is 4.21 Å². The van der Waals surface area contributed by atoms with Crippen LogP contribution in [-0.4, -0.2) is 20.8 Å². The van der Waals surface area contributed by atoms with E-state index in [1.807, 2.05) is 39.0 Å². The maximum Gasteiger partial charge on any atom is 0.122 e. The molecule has 2 atom stereocenters. The van der Waals surface area contributed by atoms with Gasteiger partial charge >= 0.3 is 0 Å². The molecule has 1 unspecified atom stereocenters. The Morgan fingerprint density at radius 2 is 2.06 bits per heavy atom. The smallest absolute Gasteiger partial charge is 0.122 e. The molecule has 0 saturated heterocycles. The summed E-state index contributed by atoms with van der Waals surface area (Å²) in [5.74, 6) is 1.60. The predicted octanol–water partition coefficient (Wildman–Crippen LogP) is 2.93. The summed E-state index contributed by atoms with van der Waals surface area (Å²) in [6.45, 7) is 6.04. The lowest BCUT2D eigenvalue weighted by Gasteiger charge is -2.28. The summed E-state index contributed by atoms with van der Waals surface area (Å²) >= 11 is 0. The lowest BCUT2D eigenvalue weighted by Crippen LogP contribution is -2.34. The van der Waals surface area contributed by atoms with Gasteiger partial charge in [0.25, 0.3) is 0 Å². The maximum atomic E-state index is 12.1. The second-order valence-electron chi connectivity index (χ2n) is 5.51. The van der Waals surface area contributed by atoms with Gasteiger partial charge in [0.05, 0.1) is 5.75 Å². The van der Waals surface area contributed by atoms with Crippen molar-refractivity contribution in [3.05, 3.63) is 29.8 Å². The molecule has 0 spiro atoms. The first kappa shape index (κ1) is 12.6. The van der Waals surface area contributed by atoms with Crippen molar-refractivity contribution in [2.45, 2.75) is 44.5 Å². The number of hydrogen-bond acceptors (Lipinski definition) is 2. The minimum atomic E-state index is -0.837. The Kier molecular flexibility index (Phi) is 3.57. The minimum absolute atomic E-state index is 0.102. The number of para-hydroxylation sites is 1. The Hall–Kier alpha value is -0.830. The van der Waals surface area contributed by atoms with Crippen LogP contribution < -0.4 is 4.74 Å². The van der Waals surface area contributed by atoms with E-state index in [9.17, 15) is 4.21 Å². The lowest BCUT2D eigenvalue weighted by atomic mass is 10.0. The van der Waals surface area contributed by atoms with E-state index < -0.39 is 10.8 Å². The molecule has 0 radical (unpaired) electrons. The van der Waals surface area contributed by atoms with E-state index >= 15 is 0 Å². The average Bonchev–Trinajstić information content (AvgIpc) is 2.27. The normalized spacial score (nSPS) is 21.5. The summed E-state index contributed by atoms with van der Waals surface area (Å²) < 4.78 is 17.8. The zero-order chi connectivity index (χ0) is 12.5. The van der Waals surface area contributed by atoms with Gasteiger partial charge in [0.2, 0.25) is 0 Å². The molecule has 0 saturated carbocycles. The van der Waals surface area contributed by atoms with Crippen LogP contribution in [0.2, 0.25) is 0 Å². The topological polar surface area (TPSA) is 26.3 Å². The Morgan fingerprint density at radius 1 is 1.35 bits per heavy atom. The van der Waals surface area contributed by atoms with Gasteiger partial charge in [-0.1, -0.05) is 18.2 Å². The van der Waals surface area contributed by atoms with Crippen LogP contribution in [0, 0.1) is 0 Å². The molecular formula is C14H20O2S. The third-order valence-electron chi connectivity index (χ3n) is 3.02. The monoisotopic (exact) mass is 252 g/mol. The highest BCUT2D eigenvalue weighted by Crippen LogP contribution is 2.28. The van der Waals surface area contributed by atoms with E-state index in [-0.39, 0.29) is 10.9 Å². The molecule has 17 heavy (non-hydrogen) atoms. The van der Waals surface area contributed by atoms with Gasteiger partial charge in [0.15, 0.2) is 0 Å². The van der Waals surface area contributed by atoms with Crippen molar-refractivity contribution >= 4 is 10.8 Å². The maximum absolute atomic E-state index is 12.1. The van der Waals surface area contributed by atoms with Crippen molar-refractivity contribution in [1.29, 1.82) is 0 Å². The molecule has 0 bridgehead atoms. The van der Waals surface area contributed by atoms with E-state index in [0.29, 0.717) is 5.75 Å². The number of fused-ring (bicyclic) bond motifs is 1. The summed E-state index contributed by atoms with van der Waals surface area (Å²) in [7, 11) is -0.837. The van der Waals surface area contributed by atoms with Crippen molar-refractivity contribution in [2.75, 3.05) is 5.75 Å². The van der Waals surface area contributed by atoms with Gasteiger partial charge in [0.1, 0.15) is 11.9 Å². The van der Waals surface area contributed by atoms with Crippen LogP contribution >= 0.6 is 0 Å². The quantitative estimate of drug-likeness (QED) is 0.809. The van der Waals surface area contributed by atoms with E-state index in [2.05, 4.69) is 6.07 Å². The van der Waals surface area contributed by atoms with E-state index in [4.69, 9.17) is 4.74 Å². The first-order valence-electron chi connectivity index (χ1n) is 6.10. The summed E-state index contributed by atoms with van der Waals surface area (Å²) in [6.07, 6.45) is 2.10. The molecule has 0 N–H and O–H groups in total. The highest BCUT2D eigenvalue weighted by Gasteiger charge is 2.26. The molecule has 1 aromatic rings. The zero-order valence-electron chi connectivity index (χ0n) is 10.7. The van der Waals surface area contributed by atoms with Gasteiger partial charge in [-0.15, -0.1) is 0 Å². The van der Waals surface area contributed by atoms with Crippen LogP contribution in [0.15, 0.2) is 24.3 Å². The van der Waals surface area contributed by atoms with Crippen molar-refractivity contribution < 1.29 is 8.95 Å². The fraction of sp³-hybridized carbons (Fsp3) is 0.571. The summed E-state index contributed by atoms with van der Waals surface area (Å²) in [6, 6.07) is 8.13. The third kappa shape index (κ3) is 3.09. The average molecular weight is 252 g/mol. The highest BCUT2D eigenvalue weighted by atomic mass is 32.2. The number of hydrogen-bond donors (Lipinski definition) is 0. The van der Waals surface area contributed by atoms with Crippen LogP contribution in [-0.2, 0) is 17.2 Å². The second-order valence-corrected chi connectivity index (χ2v) is 7.76. The SMILES string of the molecule is CC(C)(C)S(=O)C[C@@H]1CCc2ccccc2O1. The van der Waals surface area contributed by atoms with E-state index in [1.54, 1.807) is 0 Å². The summed E-state index contributed by atoms with van der Waals surface area (Å²) in [4.78, 5) is 0. The zero-order valence-corrected chi connectivity index (χ0v) is 11.5. The summed E-state index contributed by atoms with van der Waals surface area (Å²) in [5.41, 5.74) is 1.27. The van der Waals surface area contributed by atoms with Crippen LogP contribution in [0.25, 0.3) is 0 Å². The summed E-state index contributed by atoms with van der Waals surface area (Å²) in [5, 5.41) is 0. The van der Waals surface area contributed by atoms with Gasteiger partial charge < -0.3 is 4.74 Å². The van der Waals surface area contributed by atoms with E-state index in [1.165, 1.54) is 5.56 Å². The number of rotatable bonds is 2. The van der Waals surface area contributed by atoms with Crippen LogP contribution in [0.5, 0.6) is 5.75 Å². The lowest BCUT2D eigenvalue weighted by molar-refractivity contribution is 0.195. The van der Waals surface area contributed by atoms with Crippen molar-refractivity contribution in [2.24, 2.45) is 0 Å². The second kappa shape index (κ2) is 4.81. The molecule has 0 fully saturated rings. The molecule has 0 aromatic heterocycles. The minimum Gasteiger partial charge on any atom is -0.489 e. The van der Waals surface area contributed by atoms with Gasteiger partial charge in [0, 0.05) is 15.5 Å². The van der Waals surface area contributed by atoms with Gasteiger partial charge in [-0.05, 0) is 45.2 Å². The molecule has 0 amide bonds. The molecule has 1 aliphatic heterocycles. The molecule has 1 heterocycles. The first-order chi connectivity index (χ1) is 7.97. The van der Waals surface area contributed by atoms with Crippen molar-refractivity contribution in [3.8, 4) is 5.75 Å². The fourth-order valence-corrected chi connectivity index (χ4v) is 2.99. The van der Waals surface area contributed by atoms with Crippen LogP contribution in [0.4, 0.5) is 0 Å². The highest BCUT2D eigenvalue weighted by molar-refractivity contribution is 7.86. The largest absolute Gasteiger partial charge is 0.489 e. The molecule has 2 rings (SSSR count). The molecule has 1 aliphatic rings. The number of aryl methyl sites for hydroxylation is 1. The number of benzene rings is 1.